The number of phenolic OH excluding ortho intramolecular Hbond substituents is 2. The average Bonchev–Trinajstić information content (AvgIpc) is 2.41. The number of aromatic hydroxyl groups is 2. The van der Waals surface area contributed by atoms with Crippen LogP contribution in [0.1, 0.15) is 29.8 Å². The Bertz CT molecular complexity index is 660. The van der Waals surface area contributed by atoms with Gasteiger partial charge in [-0.1, -0.05) is 0 Å². The predicted octanol–water partition coefficient (Wildman–Crippen LogP) is 3.04. The Kier molecular flexibility index (Phi) is 3.84. The molecule has 0 heterocycles. The lowest BCUT2D eigenvalue weighted by atomic mass is 10.0. The molecule has 0 unspecified atom stereocenters. The highest BCUT2D eigenvalue weighted by molar-refractivity contribution is 6.01. The first-order chi connectivity index (χ1) is 9.47. The molecule has 0 bridgehead atoms. The van der Waals surface area contributed by atoms with E-state index >= 15 is 0 Å². The summed E-state index contributed by atoms with van der Waals surface area (Å²) in [6.45, 7) is 6.77. The van der Waals surface area contributed by atoms with Gasteiger partial charge < -0.3 is 15.1 Å². The number of phenols is 2. The number of nitrogens with zero attached hydrogens (tertiary/aromatic N) is 1. The average molecular weight is 273 g/mol. The summed E-state index contributed by atoms with van der Waals surface area (Å²) in [5.74, 6) is -0.0432. The van der Waals surface area contributed by atoms with Crippen LogP contribution in [0.25, 0.3) is 10.8 Å². The van der Waals surface area contributed by atoms with Gasteiger partial charge >= 0.3 is 0 Å². The summed E-state index contributed by atoms with van der Waals surface area (Å²) >= 11 is 0. The number of amides is 1. The number of hydrogen-bond acceptors (Lipinski definition) is 3. The number of rotatable bonds is 3. The van der Waals surface area contributed by atoms with Crippen LogP contribution in [0.3, 0.4) is 0 Å². The zero-order chi connectivity index (χ0) is 14.9. The largest absolute Gasteiger partial charge is 0.508 e. The van der Waals surface area contributed by atoms with Crippen LogP contribution in [0.4, 0.5) is 0 Å². The minimum Gasteiger partial charge on any atom is -0.508 e. The van der Waals surface area contributed by atoms with E-state index in [0.29, 0.717) is 13.1 Å². The molecule has 0 aliphatic rings. The van der Waals surface area contributed by atoms with Gasteiger partial charge in [0.2, 0.25) is 0 Å². The van der Waals surface area contributed by atoms with Gasteiger partial charge in [-0.2, -0.15) is 0 Å². The molecule has 0 atom stereocenters. The monoisotopic (exact) mass is 273 g/mol. The van der Waals surface area contributed by atoms with Crippen LogP contribution in [-0.4, -0.2) is 34.1 Å². The third kappa shape index (κ3) is 2.41. The predicted molar refractivity (Wildman–Crippen MR) is 79.3 cm³/mol. The molecule has 20 heavy (non-hydrogen) atoms. The number of carbonyl (C=O) groups excluding carboxylic acids is 1. The SMILES string of the molecule is CCN(CC)C(=O)c1cc2cc(O)c(C)cc2cc1O. The smallest absolute Gasteiger partial charge is 0.257 e. The number of benzene rings is 2. The van der Waals surface area contributed by atoms with E-state index in [-0.39, 0.29) is 23.0 Å². The first kappa shape index (κ1) is 14.2. The molecular formula is C16H19NO3. The zero-order valence-corrected chi connectivity index (χ0v) is 12.0. The summed E-state index contributed by atoms with van der Waals surface area (Å²) < 4.78 is 0. The molecule has 0 fully saturated rings. The highest BCUT2D eigenvalue weighted by Crippen LogP contribution is 2.30. The maximum atomic E-state index is 12.3. The Balaban J connectivity index is 2.57. The van der Waals surface area contributed by atoms with Gasteiger partial charge in [-0.05, 0) is 61.4 Å². The summed E-state index contributed by atoms with van der Waals surface area (Å²) in [5, 5.41) is 21.4. The number of hydrogen-bond donors (Lipinski definition) is 2. The summed E-state index contributed by atoms with van der Waals surface area (Å²) in [5.41, 5.74) is 1.00. The minimum absolute atomic E-state index is 0.0283. The molecule has 4 heteroatoms. The number of aryl methyl sites for hydroxylation is 1. The topological polar surface area (TPSA) is 60.8 Å². The Morgan fingerprint density at radius 1 is 1.00 bits per heavy atom. The minimum atomic E-state index is -0.200. The lowest BCUT2D eigenvalue weighted by Crippen LogP contribution is -2.30. The van der Waals surface area contributed by atoms with Gasteiger partial charge in [0.05, 0.1) is 5.56 Å². The van der Waals surface area contributed by atoms with Crippen LogP contribution in [0.2, 0.25) is 0 Å². The highest BCUT2D eigenvalue weighted by Gasteiger charge is 2.17. The number of fused-ring (bicyclic) bond motifs is 1. The second kappa shape index (κ2) is 5.41. The van der Waals surface area contributed by atoms with Crippen LogP contribution in [0.15, 0.2) is 24.3 Å². The van der Waals surface area contributed by atoms with E-state index in [9.17, 15) is 15.0 Å². The van der Waals surface area contributed by atoms with Gasteiger partial charge in [0.15, 0.2) is 0 Å². The van der Waals surface area contributed by atoms with E-state index in [0.717, 1.165) is 16.3 Å². The van der Waals surface area contributed by atoms with Crippen LogP contribution in [0, 0.1) is 6.92 Å². The molecule has 0 spiro atoms. The first-order valence-electron chi connectivity index (χ1n) is 6.73. The van der Waals surface area contributed by atoms with Gasteiger partial charge in [-0.25, -0.2) is 0 Å². The van der Waals surface area contributed by atoms with Crippen molar-refractivity contribution in [2.45, 2.75) is 20.8 Å². The van der Waals surface area contributed by atoms with Crippen LogP contribution >= 0.6 is 0 Å². The van der Waals surface area contributed by atoms with Crippen molar-refractivity contribution in [2.24, 2.45) is 0 Å². The summed E-state index contributed by atoms with van der Waals surface area (Å²) in [4.78, 5) is 14.0. The molecule has 2 aromatic carbocycles. The second-order valence-corrected chi connectivity index (χ2v) is 4.83. The molecular weight excluding hydrogens is 254 g/mol. The van der Waals surface area contributed by atoms with Gasteiger partial charge in [-0.15, -0.1) is 0 Å². The summed E-state index contributed by atoms with van der Waals surface area (Å²) in [7, 11) is 0. The van der Waals surface area contributed by atoms with Gasteiger partial charge in [0, 0.05) is 13.1 Å². The van der Waals surface area contributed by atoms with Crippen LogP contribution in [-0.2, 0) is 0 Å². The molecule has 0 aliphatic carbocycles. The molecule has 0 saturated carbocycles. The van der Waals surface area contributed by atoms with Crippen molar-refractivity contribution < 1.29 is 15.0 Å². The standard InChI is InChI=1S/C16H19NO3/c1-4-17(5-2)16(20)13-7-12-8-14(18)10(3)6-11(12)9-15(13)19/h6-9,18-19H,4-5H2,1-3H3. The van der Waals surface area contributed by atoms with E-state index in [4.69, 9.17) is 0 Å². The Morgan fingerprint density at radius 2 is 1.55 bits per heavy atom. The van der Waals surface area contributed by atoms with Gasteiger partial charge in [0.25, 0.3) is 5.91 Å². The van der Waals surface area contributed by atoms with Gasteiger partial charge in [-0.3, -0.25) is 4.79 Å². The van der Waals surface area contributed by atoms with Crippen molar-refractivity contribution in [2.75, 3.05) is 13.1 Å². The van der Waals surface area contributed by atoms with Crippen LogP contribution in [0.5, 0.6) is 11.5 Å². The lowest BCUT2D eigenvalue weighted by Gasteiger charge is -2.19. The first-order valence-corrected chi connectivity index (χ1v) is 6.73. The van der Waals surface area contributed by atoms with Crippen LogP contribution < -0.4 is 0 Å². The van der Waals surface area contributed by atoms with E-state index in [1.54, 1.807) is 36.1 Å². The van der Waals surface area contributed by atoms with Crippen molar-refractivity contribution in [3.63, 3.8) is 0 Å². The highest BCUT2D eigenvalue weighted by atomic mass is 16.3. The molecule has 2 rings (SSSR count). The Morgan fingerprint density at radius 3 is 2.15 bits per heavy atom. The molecule has 0 saturated heterocycles. The van der Waals surface area contributed by atoms with E-state index < -0.39 is 0 Å². The van der Waals surface area contributed by atoms with Crippen molar-refractivity contribution in [3.05, 3.63) is 35.4 Å². The van der Waals surface area contributed by atoms with Crippen molar-refractivity contribution in [1.29, 1.82) is 0 Å². The second-order valence-electron chi connectivity index (χ2n) is 4.83. The fraction of sp³-hybridized carbons (Fsp3) is 0.312. The molecule has 1 amide bonds. The summed E-state index contributed by atoms with van der Waals surface area (Å²) in [6.07, 6.45) is 0. The molecule has 106 valence electrons. The molecule has 0 radical (unpaired) electrons. The quantitative estimate of drug-likeness (QED) is 0.903. The Hall–Kier alpha value is -2.23. The summed E-state index contributed by atoms with van der Waals surface area (Å²) in [6, 6.07) is 6.60. The van der Waals surface area contributed by atoms with Crippen molar-refractivity contribution in [1.82, 2.24) is 4.90 Å². The third-order valence-electron chi connectivity index (χ3n) is 3.55. The zero-order valence-electron chi connectivity index (χ0n) is 12.0. The number of carbonyl (C=O) groups is 1. The molecule has 2 aromatic rings. The molecule has 2 N–H and O–H groups in total. The fourth-order valence-corrected chi connectivity index (χ4v) is 2.29. The van der Waals surface area contributed by atoms with Crippen molar-refractivity contribution >= 4 is 16.7 Å². The van der Waals surface area contributed by atoms with Gasteiger partial charge in [0.1, 0.15) is 11.5 Å². The maximum Gasteiger partial charge on any atom is 0.257 e. The Labute approximate surface area is 118 Å². The molecule has 0 aromatic heterocycles. The maximum absolute atomic E-state index is 12.3. The van der Waals surface area contributed by atoms with E-state index in [1.807, 2.05) is 13.8 Å². The van der Waals surface area contributed by atoms with E-state index in [1.165, 1.54) is 0 Å². The van der Waals surface area contributed by atoms with E-state index in [2.05, 4.69) is 0 Å². The van der Waals surface area contributed by atoms with Crippen molar-refractivity contribution in [3.8, 4) is 11.5 Å². The third-order valence-corrected chi connectivity index (χ3v) is 3.55. The normalized spacial score (nSPS) is 10.8. The molecule has 4 nitrogen and oxygen atoms in total. The lowest BCUT2D eigenvalue weighted by molar-refractivity contribution is 0.0770. The molecule has 0 aliphatic heterocycles. The fourth-order valence-electron chi connectivity index (χ4n) is 2.29.